The van der Waals surface area contributed by atoms with Crippen LogP contribution < -0.4 is 5.32 Å². The summed E-state index contributed by atoms with van der Waals surface area (Å²) in [5.74, 6) is -4.17. The van der Waals surface area contributed by atoms with Crippen LogP contribution in [0.4, 0.5) is 0 Å². The lowest BCUT2D eigenvalue weighted by Gasteiger charge is -2.59. The van der Waals surface area contributed by atoms with Gasteiger partial charge in [-0.05, 0) is 138 Å². The number of fused-ring (bicyclic) bond motifs is 5. The number of esters is 1. The fraction of sp³-hybridized carbons (Fsp3) is 0.885. The van der Waals surface area contributed by atoms with Crippen LogP contribution in [0, 0.1) is 46.3 Å². The highest BCUT2D eigenvalue weighted by Gasteiger charge is 2.68. The molecule has 0 bridgehead atoms. The van der Waals surface area contributed by atoms with Gasteiger partial charge in [0.15, 0.2) is 24.5 Å². The Labute approximate surface area is 481 Å². The maximum atomic E-state index is 14.7. The summed E-state index contributed by atoms with van der Waals surface area (Å²) >= 11 is 0. The summed E-state index contributed by atoms with van der Waals surface area (Å²) in [6, 6.07) is -1.16. The number of carbonyl (C=O) groups excluding carboxylic acids is 3. The molecule has 20 nitrogen and oxygen atoms in total. The average Bonchev–Trinajstić information content (AvgIpc) is 3.26. The number of likely N-dealkylation sites (N-methyl/N-ethyl adjacent to an activating group) is 1. The smallest absolute Gasteiger partial charge is 0.311 e. The van der Waals surface area contributed by atoms with Gasteiger partial charge in [0.05, 0.1) is 47.6 Å². The van der Waals surface area contributed by atoms with Gasteiger partial charge < -0.3 is 79.5 Å². The highest BCUT2D eigenvalue weighted by Crippen LogP contribution is 2.67. The van der Waals surface area contributed by atoms with E-state index in [1.54, 1.807) is 54.5 Å². The van der Waals surface area contributed by atoms with E-state index in [1.165, 1.54) is 14.0 Å². The van der Waals surface area contributed by atoms with Crippen LogP contribution in [-0.4, -0.2) is 217 Å². The lowest BCUT2D eigenvalue weighted by molar-refractivity contribution is -0.318. The van der Waals surface area contributed by atoms with Crippen LogP contribution in [0.25, 0.3) is 0 Å². The molecule has 0 aromatic rings. The number of cyclic esters (lactones) is 1. The van der Waals surface area contributed by atoms with E-state index < -0.39 is 131 Å². The van der Waals surface area contributed by atoms with E-state index in [0.29, 0.717) is 32.1 Å². The first-order valence-electron chi connectivity index (χ1n) is 30.2. The minimum absolute atomic E-state index is 0.0340. The number of hydrogen-bond acceptors (Lipinski definition) is 19. The van der Waals surface area contributed by atoms with Crippen LogP contribution in [0.5, 0.6) is 0 Å². The molecule has 2 saturated carbocycles. The molecule has 5 fully saturated rings. The van der Waals surface area contributed by atoms with Crippen molar-refractivity contribution in [2.45, 2.75) is 255 Å². The van der Waals surface area contributed by atoms with Crippen LogP contribution in [0.3, 0.4) is 0 Å². The first-order chi connectivity index (χ1) is 37.6. The first-order valence-corrected chi connectivity index (χ1v) is 30.2. The fourth-order valence-electron chi connectivity index (χ4n) is 16.4. The molecule has 81 heavy (non-hydrogen) atoms. The van der Waals surface area contributed by atoms with Crippen molar-refractivity contribution in [2.75, 3.05) is 40.8 Å². The minimum atomic E-state index is -2.01. The van der Waals surface area contributed by atoms with Crippen molar-refractivity contribution in [2.24, 2.45) is 46.3 Å². The van der Waals surface area contributed by atoms with Gasteiger partial charge in [0.1, 0.15) is 35.6 Å². The zero-order valence-electron chi connectivity index (χ0n) is 51.1. The topological polar surface area (TPSA) is 287 Å². The van der Waals surface area contributed by atoms with Crippen molar-refractivity contribution in [3.63, 3.8) is 0 Å². The van der Waals surface area contributed by atoms with Crippen molar-refractivity contribution >= 4 is 17.7 Å². The minimum Gasteiger partial charge on any atom is -0.459 e. The number of nitrogens with zero attached hydrogens (tertiary/aromatic N) is 2. The Hall–Kier alpha value is -2.51. The molecule has 9 N–H and O–H groups in total. The van der Waals surface area contributed by atoms with Gasteiger partial charge in [0, 0.05) is 74.3 Å². The molecule has 464 valence electrons. The Morgan fingerprint density at radius 2 is 1.62 bits per heavy atom. The molecule has 7 rings (SSSR count). The highest BCUT2D eigenvalue weighted by atomic mass is 16.7. The Bertz CT molecular complexity index is 2270. The molecule has 20 heteroatoms. The van der Waals surface area contributed by atoms with Crippen LogP contribution in [0.2, 0.25) is 0 Å². The molecule has 0 aromatic carbocycles. The van der Waals surface area contributed by atoms with E-state index in [2.05, 4.69) is 18.3 Å². The van der Waals surface area contributed by atoms with Gasteiger partial charge >= 0.3 is 5.97 Å². The van der Waals surface area contributed by atoms with Gasteiger partial charge in [-0.2, -0.15) is 0 Å². The number of amides is 1. The second kappa shape index (κ2) is 25.1. The number of hydrogen-bond donors (Lipinski definition) is 9. The maximum absolute atomic E-state index is 14.7. The van der Waals surface area contributed by atoms with Gasteiger partial charge in [0.2, 0.25) is 0 Å². The SMILES string of the molecule is CC[C@H]1OC(=O)[C@H](C)[C@@H](O[C@@H]2C[C@](C)(OC)[C@H](O)C(C)O2)[C@H](C)[C@@H](O[C@@H]2O[C@H](C)C[C@@H](N(C)C)[C@H]2O)[C@](C)(O)C[C@@H](C)CN(CCCNC(=O)C(O)[C@@]2(O)CCC3C4CC=C5CC(=O)C=C[C@]5(C)C4[C@@H](O)C[C@@]32C)[C@H](C)[C@@H](O)[C@]1(C)O. The summed E-state index contributed by atoms with van der Waals surface area (Å²) in [6.07, 6.45) is -4.64. The van der Waals surface area contributed by atoms with E-state index in [0.717, 1.165) is 5.57 Å². The Morgan fingerprint density at radius 3 is 2.26 bits per heavy atom. The van der Waals surface area contributed by atoms with Gasteiger partial charge in [-0.3, -0.25) is 19.3 Å². The number of allylic oxidation sites excluding steroid dienone is 4. The maximum Gasteiger partial charge on any atom is 0.311 e. The quantitative estimate of drug-likeness (QED) is 0.0728. The van der Waals surface area contributed by atoms with Crippen molar-refractivity contribution < 1.29 is 83.7 Å². The third-order valence-corrected chi connectivity index (χ3v) is 21.3. The molecule has 1 amide bonds. The fourth-order valence-corrected chi connectivity index (χ4v) is 16.4. The summed E-state index contributed by atoms with van der Waals surface area (Å²) in [4.78, 5) is 45.0. The molecule has 0 radical (unpaired) electrons. The molecule has 4 aliphatic carbocycles. The van der Waals surface area contributed by atoms with Crippen LogP contribution >= 0.6 is 0 Å². The zero-order chi connectivity index (χ0) is 60.3. The van der Waals surface area contributed by atoms with Gasteiger partial charge in [-0.15, -0.1) is 0 Å². The molecule has 0 spiro atoms. The van der Waals surface area contributed by atoms with E-state index >= 15 is 0 Å². The number of aliphatic hydroxyl groups excluding tert-OH is 5. The predicted octanol–water partition coefficient (Wildman–Crippen LogP) is 3.15. The predicted molar refractivity (Wildman–Crippen MR) is 300 cm³/mol. The largest absolute Gasteiger partial charge is 0.459 e. The van der Waals surface area contributed by atoms with Crippen molar-refractivity contribution in [1.29, 1.82) is 0 Å². The number of methoxy groups -OCH3 is 1. The molecule has 26 atom stereocenters. The summed E-state index contributed by atoms with van der Waals surface area (Å²) in [5.41, 5.74) is -7.18. The molecular weight excluding hydrogens is 1050 g/mol. The molecule has 0 aromatic heterocycles. The van der Waals surface area contributed by atoms with Crippen LogP contribution in [0.1, 0.15) is 147 Å². The molecule has 5 unspecified atom stereocenters. The third kappa shape index (κ3) is 12.7. The molecule has 3 saturated heterocycles. The Balaban J connectivity index is 1.13. The van der Waals surface area contributed by atoms with Gasteiger partial charge in [0.25, 0.3) is 5.91 Å². The highest BCUT2D eigenvalue weighted by molar-refractivity contribution is 5.93. The van der Waals surface area contributed by atoms with E-state index in [-0.39, 0.29) is 93.3 Å². The third-order valence-electron chi connectivity index (χ3n) is 21.3. The number of rotatable bonds is 13. The number of nitrogens with one attached hydrogen (secondary N) is 1. The average molecular weight is 1150 g/mol. The van der Waals surface area contributed by atoms with Gasteiger partial charge in [-0.1, -0.05) is 52.3 Å². The molecule has 3 heterocycles. The monoisotopic (exact) mass is 1150 g/mol. The Kier molecular flexibility index (Phi) is 20.4. The van der Waals surface area contributed by atoms with Crippen molar-refractivity contribution in [3.05, 3.63) is 23.8 Å². The zero-order valence-corrected chi connectivity index (χ0v) is 51.1. The number of aliphatic hydroxyl groups is 8. The second-order valence-corrected chi connectivity index (χ2v) is 27.4. The summed E-state index contributed by atoms with van der Waals surface area (Å²) in [7, 11) is 5.21. The van der Waals surface area contributed by atoms with Gasteiger partial charge in [-0.25, -0.2) is 0 Å². The summed E-state index contributed by atoms with van der Waals surface area (Å²) in [5, 5.41) is 99.8. The van der Waals surface area contributed by atoms with Crippen molar-refractivity contribution in [1.82, 2.24) is 15.1 Å². The number of ether oxygens (including phenoxy) is 6. The number of carbonyl (C=O) groups is 3. The van der Waals surface area contributed by atoms with E-state index in [9.17, 15) is 55.2 Å². The second-order valence-electron chi connectivity index (χ2n) is 27.4. The lowest BCUT2D eigenvalue weighted by atomic mass is 9.46. The number of ketones is 1. The summed E-state index contributed by atoms with van der Waals surface area (Å²) < 4.78 is 38.2. The molecule has 7 aliphatic rings. The van der Waals surface area contributed by atoms with E-state index in [4.69, 9.17) is 28.4 Å². The molecular formula is C61H103N3O17. The summed E-state index contributed by atoms with van der Waals surface area (Å²) in [6.45, 7) is 21.7. The first kappa shape index (κ1) is 66.0. The normalized spacial score (nSPS) is 48.9. The lowest BCUT2D eigenvalue weighted by Crippen LogP contribution is -2.64. The van der Waals surface area contributed by atoms with Crippen LogP contribution in [-0.2, 0) is 42.8 Å². The standard InChI is InChI=1S/C61H103N3O17/c1-16-44-60(12,74)49(68)36(6)64(25-17-24-62-53(71)51(70)61(75)23-21-41-40-19-18-38-27-39(65)20-22-56(38,8)46(40)43(66)29-57(41,61)9)31-32(2)28-58(10,73)52(81-55-47(67)42(63(13)14)26-33(3)77-55)34(4)48(35(5)54(72)79-44)80-45-30-59(11,76-15)50(69)37(7)78-45/h18,20,22,32-37,40-52,55,66-70,73-75H,16-17,19,21,23-31H2,1-15H3,(H,62,71)/t32-,33-,34+,35-,36-,37?,40?,41?,42-,43+,44-,45-,46?,47-,48+,49-,50-,51?,52-,55+,56+,57+,58-,59+,60-,61+/m1/s1. The van der Waals surface area contributed by atoms with Crippen molar-refractivity contribution in [3.8, 4) is 0 Å². The van der Waals surface area contributed by atoms with Crippen LogP contribution in [0.15, 0.2) is 23.8 Å². The Morgan fingerprint density at radius 1 is 0.938 bits per heavy atom. The van der Waals surface area contributed by atoms with E-state index in [1.807, 2.05) is 50.7 Å². The molecule has 3 aliphatic heterocycles.